The average Bonchev–Trinajstić information content (AvgIpc) is 3.46. The number of hydrogen-bond acceptors (Lipinski definition) is 2. The van der Waals surface area contributed by atoms with Gasteiger partial charge in [-0.1, -0.05) is 0 Å². The van der Waals surface area contributed by atoms with Gasteiger partial charge < -0.3 is 10.2 Å². The summed E-state index contributed by atoms with van der Waals surface area (Å²) in [4.78, 5) is 26.6. The summed E-state index contributed by atoms with van der Waals surface area (Å²) in [6.07, 6.45) is 3.82. The number of carbonyl (C=O) groups is 2. The van der Waals surface area contributed by atoms with E-state index < -0.39 is 0 Å². The van der Waals surface area contributed by atoms with Crippen molar-refractivity contribution < 1.29 is 14.0 Å². The number of halogens is 1. The summed E-state index contributed by atoms with van der Waals surface area (Å²) >= 11 is 0. The fraction of sp³-hybridized carbons (Fsp3) is 0.300. The Morgan fingerprint density at radius 2 is 1.84 bits per heavy atom. The summed E-state index contributed by atoms with van der Waals surface area (Å²) in [5.41, 5.74) is 3.14. The number of hydrogen-bond donors (Lipinski definition) is 1. The van der Waals surface area contributed by atoms with E-state index in [4.69, 9.17) is 0 Å². The molecule has 1 aliphatic heterocycles. The maximum atomic E-state index is 13.0. The van der Waals surface area contributed by atoms with Gasteiger partial charge in [-0.05, 0) is 73.7 Å². The Hall–Kier alpha value is -2.69. The first-order valence-corrected chi connectivity index (χ1v) is 8.63. The van der Waals surface area contributed by atoms with E-state index in [2.05, 4.69) is 5.32 Å². The molecule has 4 rings (SSSR count). The van der Waals surface area contributed by atoms with Gasteiger partial charge in [0.15, 0.2) is 0 Å². The van der Waals surface area contributed by atoms with Crippen molar-refractivity contribution in [2.75, 3.05) is 16.8 Å². The molecule has 2 aromatic rings. The van der Waals surface area contributed by atoms with Crippen LogP contribution in [0.3, 0.4) is 0 Å². The molecular weight excluding hydrogens is 319 g/mol. The summed E-state index contributed by atoms with van der Waals surface area (Å²) < 4.78 is 13.0. The van der Waals surface area contributed by atoms with Crippen LogP contribution >= 0.6 is 0 Å². The van der Waals surface area contributed by atoms with Crippen LogP contribution in [0, 0.1) is 11.7 Å². The normalized spacial score (nSPS) is 16.3. The molecule has 2 aliphatic rings. The predicted molar refractivity (Wildman–Crippen MR) is 94.2 cm³/mol. The van der Waals surface area contributed by atoms with Crippen molar-refractivity contribution in [3.8, 4) is 0 Å². The summed E-state index contributed by atoms with van der Waals surface area (Å²) in [6, 6.07) is 11.1. The number of aryl methyl sites for hydroxylation is 1. The lowest BCUT2D eigenvalue weighted by atomic mass is 10.00. The molecule has 0 unspecified atom stereocenters. The number of carbonyl (C=O) groups excluding carboxylic acids is 2. The highest BCUT2D eigenvalue weighted by atomic mass is 19.1. The van der Waals surface area contributed by atoms with Crippen LogP contribution in [-0.4, -0.2) is 18.4 Å². The molecule has 0 aromatic heterocycles. The van der Waals surface area contributed by atoms with E-state index in [9.17, 15) is 14.0 Å². The van der Waals surface area contributed by atoms with Crippen molar-refractivity contribution in [2.45, 2.75) is 25.7 Å². The molecule has 1 saturated carbocycles. The standard InChI is InChI=1S/C20H19FN2O2/c21-16-7-5-13(6-8-16)19(24)22-17-9-10-18-15(12-17)2-1-11-23(18)20(25)14-3-4-14/h5-10,12,14H,1-4,11H2,(H,22,24). The summed E-state index contributed by atoms with van der Waals surface area (Å²) in [6.45, 7) is 0.767. The molecule has 2 amide bonds. The lowest BCUT2D eigenvalue weighted by Gasteiger charge is -2.30. The van der Waals surface area contributed by atoms with Gasteiger partial charge in [0.05, 0.1) is 0 Å². The zero-order valence-corrected chi connectivity index (χ0v) is 13.8. The molecule has 0 spiro atoms. The molecule has 0 saturated heterocycles. The van der Waals surface area contributed by atoms with Crippen molar-refractivity contribution in [1.82, 2.24) is 0 Å². The van der Waals surface area contributed by atoms with Crippen molar-refractivity contribution in [3.63, 3.8) is 0 Å². The molecule has 2 aromatic carbocycles. The number of nitrogens with zero attached hydrogens (tertiary/aromatic N) is 1. The third-order valence-electron chi connectivity index (χ3n) is 4.76. The third kappa shape index (κ3) is 3.27. The SMILES string of the molecule is O=C(Nc1ccc2c(c1)CCCN2C(=O)C1CC1)c1ccc(F)cc1. The Balaban J connectivity index is 1.53. The van der Waals surface area contributed by atoms with Gasteiger partial charge in [0, 0.05) is 29.4 Å². The lowest BCUT2D eigenvalue weighted by Crippen LogP contribution is -2.36. The van der Waals surface area contributed by atoms with Crippen LogP contribution in [0.5, 0.6) is 0 Å². The quantitative estimate of drug-likeness (QED) is 0.926. The van der Waals surface area contributed by atoms with Gasteiger partial charge in [-0.15, -0.1) is 0 Å². The molecular formula is C20H19FN2O2. The van der Waals surface area contributed by atoms with Crippen molar-refractivity contribution in [2.24, 2.45) is 5.92 Å². The second-order valence-electron chi connectivity index (χ2n) is 6.67. The number of anilines is 2. The molecule has 4 nitrogen and oxygen atoms in total. The van der Waals surface area contributed by atoms with Gasteiger partial charge in [0.1, 0.15) is 5.82 Å². The van der Waals surface area contributed by atoms with Gasteiger partial charge in [-0.2, -0.15) is 0 Å². The van der Waals surface area contributed by atoms with E-state index in [1.807, 2.05) is 23.1 Å². The zero-order valence-electron chi connectivity index (χ0n) is 13.8. The summed E-state index contributed by atoms with van der Waals surface area (Å²) in [5, 5.41) is 2.84. The Labute approximate surface area is 145 Å². The number of benzene rings is 2. The molecule has 25 heavy (non-hydrogen) atoms. The minimum absolute atomic E-state index is 0.198. The first kappa shape index (κ1) is 15.8. The predicted octanol–water partition coefficient (Wildman–Crippen LogP) is 3.77. The molecule has 0 bridgehead atoms. The number of nitrogens with one attached hydrogen (secondary N) is 1. The van der Waals surface area contributed by atoms with Crippen LogP contribution in [-0.2, 0) is 11.2 Å². The van der Waals surface area contributed by atoms with E-state index in [0.717, 1.165) is 43.5 Å². The minimum atomic E-state index is -0.370. The van der Waals surface area contributed by atoms with Crippen molar-refractivity contribution >= 4 is 23.2 Å². The second-order valence-corrected chi connectivity index (χ2v) is 6.67. The van der Waals surface area contributed by atoms with Crippen molar-refractivity contribution in [3.05, 3.63) is 59.4 Å². The first-order chi connectivity index (χ1) is 12.1. The Morgan fingerprint density at radius 3 is 2.56 bits per heavy atom. The van der Waals surface area contributed by atoms with Gasteiger partial charge in [-0.3, -0.25) is 9.59 Å². The van der Waals surface area contributed by atoms with E-state index in [0.29, 0.717) is 11.3 Å². The van der Waals surface area contributed by atoms with Crippen LogP contribution in [0.25, 0.3) is 0 Å². The molecule has 0 atom stereocenters. The third-order valence-corrected chi connectivity index (χ3v) is 4.76. The maximum Gasteiger partial charge on any atom is 0.255 e. The smallest absolute Gasteiger partial charge is 0.255 e. The fourth-order valence-electron chi connectivity index (χ4n) is 3.26. The van der Waals surface area contributed by atoms with E-state index in [-0.39, 0.29) is 23.5 Å². The van der Waals surface area contributed by atoms with Crippen molar-refractivity contribution in [1.29, 1.82) is 0 Å². The highest BCUT2D eigenvalue weighted by Gasteiger charge is 2.35. The highest BCUT2D eigenvalue weighted by molar-refractivity contribution is 6.04. The van der Waals surface area contributed by atoms with Gasteiger partial charge in [0.2, 0.25) is 5.91 Å². The monoisotopic (exact) mass is 338 g/mol. The topological polar surface area (TPSA) is 49.4 Å². The van der Waals surface area contributed by atoms with Crippen LogP contribution in [0.15, 0.2) is 42.5 Å². The Bertz CT molecular complexity index is 828. The number of amides is 2. The zero-order chi connectivity index (χ0) is 17.4. The second kappa shape index (κ2) is 6.31. The molecule has 5 heteroatoms. The molecule has 0 radical (unpaired) electrons. The Kier molecular flexibility index (Phi) is 3.99. The lowest BCUT2D eigenvalue weighted by molar-refractivity contribution is -0.119. The van der Waals surface area contributed by atoms with E-state index >= 15 is 0 Å². The van der Waals surface area contributed by atoms with Crippen LogP contribution in [0.2, 0.25) is 0 Å². The summed E-state index contributed by atoms with van der Waals surface area (Å²) in [7, 11) is 0. The van der Waals surface area contributed by atoms with Crippen LogP contribution in [0.1, 0.15) is 35.2 Å². The van der Waals surface area contributed by atoms with Gasteiger partial charge >= 0.3 is 0 Å². The molecule has 1 N–H and O–H groups in total. The number of fused-ring (bicyclic) bond motifs is 1. The van der Waals surface area contributed by atoms with Gasteiger partial charge in [0.25, 0.3) is 5.91 Å². The summed E-state index contributed by atoms with van der Waals surface area (Å²) in [5.74, 6) is -0.222. The largest absolute Gasteiger partial charge is 0.322 e. The van der Waals surface area contributed by atoms with Crippen LogP contribution in [0.4, 0.5) is 15.8 Å². The number of rotatable bonds is 3. The first-order valence-electron chi connectivity index (χ1n) is 8.63. The van der Waals surface area contributed by atoms with Gasteiger partial charge in [-0.25, -0.2) is 4.39 Å². The average molecular weight is 338 g/mol. The van der Waals surface area contributed by atoms with Crippen LogP contribution < -0.4 is 10.2 Å². The molecule has 1 aliphatic carbocycles. The van der Waals surface area contributed by atoms with E-state index in [1.54, 1.807) is 0 Å². The molecule has 128 valence electrons. The highest BCUT2D eigenvalue weighted by Crippen LogP contribution is 2.36. The Morgan fingerprint density at radius 1 is 1.08 bits per heavy atom. The maximum absolute atomic E-state index is 13.0. The minimum Gasteiger partial charge on any atom is -0.322 e. The molecule has 1 heterocycles. The molecule has 1 fully saturated rings. The van der Waals surface area contributed by atoms with E-state index in [1.165, 1.54) is 24.3 Å². The fourth-order valence-corrected chi connectivity index (χ4v) is 3.26.